The Hall–Kier alpha value is -2.15. The molecule has 7 nitrogen and oxygen atoms in total. The molecule has 0 aliphatic carbocycles. The monoisotopic (exact) mass is 296 g/mol. The number of nitrogens with one attached hydrogen (secondary N) is 1. The predicted molar refractivity (Wildman–Crippen MR) is 77.2 cm³/mol. The van der Waals surface area contributed by atoms with Crippen LogP contribution in [0.5, 0.6) is 0 Å². The minimum absolute atomic E-state index is 0.153. The van der Waals surface area contributed by atoms with Gasteiger partial charge in [0.15, 0.2) is 0 Å². The summed E-state index contributed by atoms with van der Waals surface area (Å²) in [5.41, 5.74) is -0.901. The average molecular weight is 296 g/mol. The second kappa shape index (κ2) is 7.03. The van der Waals surface area contributed by atoms with Gasteiger partial charge >= 0.3 is 5.97 Å². The van der Waals surface area contributed by atoms with Crippen LogP contribution in [0.15, 0.2) is 23.1 Å². The molecule has 0 aliphatic rings. The van der Waals surface area contributed by atoms with Gasteiger partial charge in [-0.1, -0.05) is 0 Å². The molecule has 1 aromatic rings. The van der Waals surface area contributed by atoms with Crippen molar-refractivity contribution in [3.8, 4) is 0 Å². The summed E-state index contributed by atoms with van der Waals surface area (Å²) in [5.74, 6) is -1.46. The quantitative estimate of drug-likeness (QED) is 0.780. The van der Waals surface area contributed by atoms with E-state index in [4.69, 9.17) is 9.84 Å². The summed E-state index contributed by atoms with van der Waals surface area (Å²) < 4.78 is 6.32. The van der Waals surface area contributed by atoms with Crippen LogP contribution in [0.2, 0.25) is 0 Å². The number of hydrogen-bond acceptors (Lipinski definition) is 4. The van der Waals surface area contributed by atoms with Crippen LogP contribution in [0.4, 0.5) is 5.69 Å². The molecule has 0 saturated heterocycles. The lowest BCUT2D eigenvalue weighted by Crippen LogP contribution is -2.30. The van der Waals surface area contributed by atoms with E-state index in [1.54, 1.807) is 0 Å². The SMILES string of the molecule is COCCn1cc(NC(=O)CC(C)(C)C(=O)O)ccc1=O. The van der Waals surface area contributed by atoms with Crippen LogP contribution in [0.25, 0.3) is 0 Å². The maximum atomic E-state index is 11.9. The molecule has 0 unspecified atom stereocenters. The minimum atomic E-state index is -1.14. The summed E-state index contributed by atoms with van der Waals surface area (Å²) >= 11 is 0. The fourth-order valence-electron chi connectivity index (χ4n) is 1.65. The molecule has 0 aromatic carbocycles. The van der Waals surface area contributed by atoms with E-state index < -0.39 is 17.3 Å². The number of pyridine rings is 1. The highest BCUT2D eigenvalue weighted by atomic mass is 16.5. The molecule has 0 aliphatic heterocycles. The first-order chi connectivity index (χ1) is 9.76. The largest absolute Gasteiger partial charge is 0.481 e. The van der Waals surface area contributed by atoms with E-state index in [0.717, 1.165) is 0 Å². The van der Waals surface area contributed by atoms with Crippen LogP contribution in [0.3, 0.4) is 0 Å². The normalized spacial score (nSPS) is 11.2. The highest BCUT2D eigenvalue weighted by Crippen LogP contribution is 2.21. The van der Waals surface area contributed by atoms with Crippen molar-refractivity contribution < 1.29 is 19.4 Å². The van der Waals surface area contributed by atoms with Gasteiger partial charge in [-0.25, -0.2) is 0 Å². The molecule has 1 rings (SSSR count). The van der Waals surface area contributed by atoms with Crippen LogP contribution < -0.4 is 10.9 Å². The molecule has 0 saturated carbocycles. The summed E-state index contributed by atoms with van der Waals surface area (Å²) in [6, 6.07) is 2.82. The number of carboxylic acids is 1. The predicted octanol–water partition coefficient (Wildman–Crippen LogP) is 0.934. The molecule has 1 aromatic heterocycles. The van der Waals surface area contributed by atoms with E-state index in [1.165, 1.54) is 43.9 Å². The molecule has 1 amide bonds. The minimum Gasteiger partial charge on any atom is -0.481 e. The van der Waals surface area contributed by atoms with Gasteiger partial charge in [-0.3, -0.25) is 14.4 Å². The van der Waals surface area contributed by atoms with Gasteiger partial charge in [0, 0.05) is 32.3 Å². The number of carbonyl (C=O) groups is 2. The standard InChI is InChI=1S/C14H20N2O5/c1-14(2,13(19)20)8-11(17)15-10-4-5-12(18)16(9-10)6-7-21-3/h4-5,9H,6-8H2,1-3H3,(H,15,17)(H,19,20). The molecular weight excluding hydrogens is 276 g/mol. The number of methoxy groups -OCH3 is 1. The summed E-state index contributed by atoms with van der Waals surface area (Å²) in [4.78, 5) is 34.4. The van der Waals surface area contributed by atoms with Gasteiger partial charge in [-0.15, -0.1) is 0 Å². The van der Waals surface area contributed by atoms with E-state index in [2.05, 4.69) is 5.32 Å². The van der Waals surface area contributed by atoms with Crippen molar-refractivity contribution in [3.63, 3.8) is 0 Å². The van der Waals surface area contributed by atoms with Gasteiger partial charge < -0.3 is 19.7 Å². The van der Waals surface area contributed by atoms with Crippen molar-refractivity contribution in [1.82, 2.24) is 4.57 Å². The van der Waals surface area contributed by atoms with Crippen LogP contribution in [0, 0.1) is 5.41 Å². The zero-order valence-electron chi connectivity index (χ0n) is 12.4. The fraction of sp³-hybridized carbons (Fsp3) is 0.500. The van der Waals surface area contributed by atoms with Gasteiger partial charge in [0.25, 0.3) is 5.56 Å². The van der Waals surface area contributed by atoms with Crippen molar-refractivity contribution in [2.75, 3.05) is 19.0 Å². The fourth-order valence-corrected chi connectivity index (χ4v) is 1.65. The molecule has 0 atom stereocenters. The molecule has 116 valence electrons. The Kier molecular flexibility index (Phi) is 5.66. The Bertz CT molecular complexity index is 577. The summed E-state index contributed by atoms with van der Waals surface area (Å²) in [6.07, 6.45) is 1.35. The Morgan fingerprint density at radius 1 is 1.38 bits per heavy atom. The van der Waals surface area contributed by atoms with Crippen LogP contribution in [-0.2, 0) is 20.9 Å². The second-order valence-corrected chi connectivity index (χ2v) is 5.36. The van der Waals surface area contributed by atoms with E-state index in [9.17, 15) is 14.4 Å². The topological polar surface area (TPSA) is 97.6 Å². The first-order valence-electron chi connectivity index (χ1n) is 6.49. The van der Waals surface area contributed by atoms with Crippen molar-refractivity contribution in [3.05, 3.63) is 28.7 Å². The van der Waals surface area contributed by atoms with Crippen LogP contribution in [0.1, 0.15) is 20.3 Å². The van der Waals surface area contributed by atoms with Crippen molar-refractivity contribution >= 4 is 17.6 Å². The van der Waals surface area contributed by atoms with Crippen molar-refractivity contribution in [1.29, 1.82) is 0 Å². The number of rotatable bonds is 7. The first kappa shape index (κ1) is 16.9. The average Bonchev–Trinajstić information content (AvgIpc) is 2.38. The molecule has 0 spiro atoms. The van der Waals surface area contributed by atoms with Gasteiger partial charge in [-0.2, -0.15) is 0 Å². The highest BCUT2D eigenvalue weighted by molar-refractivity contribution is 5.93. The number of carbonyl (C=O) groups excluding carboxylic acids is 1. The number of hydrogen-bond donors (Lipinski definition) is 2. The van der Waals surface area contributed by atoms with E-state index >= 15 is 0 Å². The Balaban J connectivity index is 2.77. The number of carboxylic acid groups (broad SMARTS) is 1. The number of amides is 1. The molecule has 21 heavy (non-hydrogen) atoms. The number of anilines is 1. The maximum absolute atomic E-state index is 11.9. The van der Waals surface area contributed by atoms with Gasteiger partial charge in [0.05, 0.1) is 17.7 Å². The molecule has 7 heteroatoms. The van der Waals surface area contributed by atoms with Crippen LogP contribution >= 0.6 is 0 Å². The lowest BCUT2D eigenvalue weighted by atomic mass is 9.89. The van der Waals surface area contributed by atoms with Crippen LogP contribution in [-0.4, -0.2) is 35.3 Å². The van der Waals surface area contributed by atoms with Crippen molar-refractivity contribution in [2.24, 2.45) is 5.41 Å². The van der Waals surface area contributed by atoms with Gasteiger partial charge in [0.2, 0.25) is 5.91 Å². The molecule has 0 fully saturated rings. The smallest absolute Gasteiger partial charge is 0.309 e. The molecular formula is C14H20N2O5. The Labute approximate surface area is 122 Å². The lowest BCUT2D eigenvalue weighted by molar-refractivity contribution is -0.148. The highest BCUT2D eigenvalue weighted by Gasteiger charge is 2.30. The molecule has 0 bridgehead atoms. The summed E-state index contributed by atoms with van der Waals surface area (Å²) in [5, 5.41) is 11.6. The van der Waals surface area contributed by atoms with E-state index in [1.807, 2.05) is 0 Å². The second-order valence-electron chi connectivity index (χ2n) is 5.36. The van der Waals surface area contributed by atoms with E-state index in [0.29, 0.717) is 18.8 Å². The Morgan fingerprint density at radius 3 is 2.62 bits per heavy atom. The molecule has 0 radical (unpaired) electrons. The molecule has 2 N–H and O–H groups in total. The third kappa shape index (κ3) is 5.03. The third-order valence-corrected chi connectivity index (χ3v) is 2.98. The summed E-state index contributed by atoms with van der Waals surface area (Å²) in [7, 11) is 1.53. The summed E-state index contributed by atoms with van der Waals surface area (Å²) in [6.45, 7) is 3.71. The lowest BCUT2D eigenvalue weighted by Gasteiger charge is -2.18. The molecule has 1 heterocycles. The number of ether oxygens (including phenoxy) is 1. The maximum Gasteiger partial charge on any atom is 0.309 e. The zero-order chi connectivity index (χ0) is 16.0. The Morgan fingerprint density at radius 2 is 2.05 bits per heavy atom. The van der Waals surface area contributed by atoms with E-state index in [-0.39, 0.29) is 12.0 Å². The third-order valence-electron chi connectivity index (χ3n) is 2.98. The van der Waals surface area contributed by atoms with Crippen molar-refractivity contribution in [2.45, 2.75) is 26.8 Å². The first-order valence-corrected chi connectivity index (χ1v) is 6.49. The number of aliphatic carboxylic acids is 1. The van der Waals surface area contributed by atoms with Gasteiger partial charge in [0.1, 0.15) is 0 Å². The number of nitrogens with zero attached hydrogens (tertiary/aromatic N) is 1. The zero-order valence-corrected chi connectivity index (χ0v) is 12.4. The number of aromatic nitrogens is 1. The van der Waals surface area contributed by atoms with Gasteiger partial charge in [-0.05, 0) is 19.9 Å².